The molecular weight excluding hydrogens is 229 g/mol. The van der Waals surface area contributed by atoms with E-state index in [1.54, 1.807) is 6.08 Å². The lowest BCUT2D eigenvalue weighted by atomic mass is 9.77. The molecule has 0 aromatic carbocycles. The Labute approximate surface area is 88.0 Å². The summed E-state index contributed by atoms with van der Waals surface area (Å²) in [5, 5.41) is 0. The van der Waals surface area contributed by atoms with E-state index >= 15 is 0 Å². The highest BCUT2D eigenvalue weighted by Gasteiger charge is 2.68. The smallest absolute Gasteiger partial charge is 0.282 e. The highest BCUT2D eigenvalue weighted by Crippen LogP contribution is 2.55. The van der Waals surface area contributed by atoms with Gasteiger partial charge in [-0.05, 0) is 12.3 Å². The Morgan fingerprint density at radius 2 is 1.69 bits per heavy atom. The van der Waals surface area contributed by atoms with Gasteiger partial charge in [0, 0.05) is 11.8 Å². The van der Waals surface area contributed by atoms with Gasteiger partial charge in [0.1, 0.15) is 0 Å². The number of fused-ring (bicyclic) bond motifs is 5. The van der Waals surface area contributed by atoms with Gasteiger partial charge in [0.2, 0.25) is 0 Å². The highest BCUT2D eigenvalue weighted by molar-refractivity contribution is 5.99. The normalized spacial score (nSPS) is 40.7. The average molecular weight is 237 g/mol. The van der Waals surface area contributed by atoms with E-state index in [9.17, 15) is 22.0 Å². The molecule has 4 atom stereocenters. The summed E-state index contributed by atoms with van der Waals surface area (Å²) in [5.41, 5.74) is -0.957. The first-order valence-electron chi connectivity index (χ1n) is 5.03. The first-order chi connectivity index (χ1) is 7.32. The minimum atomic E-state index is -5.53. The summed E-state index contributed by atoms with van der Waals surface area (Å²) in [5.74, 6) is -5.54. The lowest BCUT2D eigenvalue weighted by Crippen LogP contribution is -2.55. The molecule has 0 spiro atoms. The number of nitrogens with zero attached hydrogens (tertiary/aromatic N) is 1. The van der Waals surface area contributed by atoms with Gasteiger partial charge in [-0.2, -0.15) is 22.0 Å². The number of aliphatic imine (C=N–C) groups is 1. The van der Waals surface area contributed by atoms with E-state index in [0.717, 1.165) is 0 Å². The van der Waals surface area contributed by atoms with E-state index in [-0.39, 0.29) is 17.9 Å². The van der Waals surface area contributed by atoms with Gasteiger partial charge >= 0.3 is 12.1 Å². The van der Waals surface area contributed by atoms with Crippen molar-refractivity contribution in [3.05, 3.63) is 12.2 Å². The third-order valence-corrected chi connectivity index (χ3v) is 3.70. The Bertz CT molecular complexity index is 395. The Morgan fingerprint density at radius 3 is 2.25 bits per heavy atom. The molecule has 2 aliphatic carbocycles. The molecule has 1 fully saturated rings. The van der Waals surface area contributed by atoms with Crippen LogP contribution in [0.25, 0.3) is 0 Å². The summed E-state index contributed by atoms with van der Waals surface area (Å²) >= 11 is 0. The van der Waals surface area contributed by atoms with Crippen LogP contribution in [0.3, 0.4) is 0 Å². The van der Waals surface area contributed by atoms with Crippen LogP contribution in [0.1, 0.15) is 6.42 Å². The fourth-order valence-electron chi connectivity index (χ4n) is 2.94. The van der Waals surface area contributed by atoms with Crippen molar-refractivity contribution in [2.24, 2.45) is 22.7 Å². The molecule has 0 saturated heterocycles. The van der Waals surface area contributed by atoms with Gasteiger partial charge in [-0.15, -0.1) is 0 Å². The zero-order valence-corrected chi connectivity index (χ0v) is 8.01. The van der Waals surface area contributed by atoms with Gasteiger partial charge in [-0.1, -0.05) is 12.2 Å². The summed E-state index contributed by atoms with van der Waals surface area (Å²) in [4.78, 5) is 3.50. The monoisotopic (exact) mass is 237 g/mol. The molecule has 1 nitrogen and oxygen atoms in total. The van der Waals surface area contributed by atoms with Gasteiger partial charge in [0.15, 0.2) is 0 Å². The topological polar surface area (TPSA) is 12.4 Å². The predicted molar refractivity (Wildman–Crippen MR) is 46.5 cm³/mol. The molecule has 0 aromatic heterocycles. The van der Waals surface area contributed by atoms with Crippen molar-refractivity contribution in [3.63, 3.8) is 0 Å². The van der Waals surface area contributed by atoms with E-state index in [2.05, 4.69) is 4.99 Å². The van der Waals surface area contributed by atoms with Gasteiger partial charge in [-0.25, -0.2) is 0 Å². The average Bonchev–Trinajstić information content (AvgIpc) is 2.56. The molecule has 88 valence electrons. The molecule has 0 N–H and O–H groups in total. The van der Waals surface area contributed by atoms with Crippen molar-refractivity contribution in [2.75, 3.05) is 0 Å². The number of rotatable bonds is 1. The van der Waals surface area contributed by atoms with Crippen LogP contribution in [0.4, 0.5) is 22.0 Å². The van der Waals surface area contributed by atoms with E-state index in [4.69, 9.17) is 0 Å². The van der Waals surface area contributed by atoms with Crippen LogP contribution in [0.2, 0.25) is 0 Å². The summed E-state index contributed by atoms with van der Waals surface area (Å²) in [6, 6.07) is -0.335. The lowest BCUT2D eigenvalue weighted by molar-refractivity contribution is -0.252. The van der Waals surface area contributed by atoms with Crippen LogP contribution < -0.4 is 0 Å². The second-order valence-corrected chi connectivity index (χ2v) is 4.55. The minimum Gasteiger partial charge on any atom is -0.282 e. The van der Waals surface area contributed by atoms with E-state index < -0.39 is 23.7 Å². The number of hydrogen-bond acceptors (Lipinski definition) is 1. The van der Waals surface area contributed by atoms with Gasteiger partial charge in [0.25, 0.3) is 0 Å². The molecule has 0 aromatic rings. The number of allylic oxidation sites excluding steroid dienone is 1. The third kappa shape index (κ3) is 1.02. The van der Waals surface area contributed by atoms with Crippen LogP contribution in [0.15, 0.2) is 17.1 Å². The number of halogens is 5. The van der Waals surface area contributed by atoms with Gasteiger partial charge in [-0.3, -0.25) is 4.99 Å². The number of hydrogen-bond donors (Lipinski definition) is 0. The number of alkyl halides is 5. The zero-order chi connectivity index (χ0) is 11.7. The van der Waals surface area contributed by atoms with E-state index in [0.29, 0.717) is 6.42 Å². The second kappa shape index (κ2) is 2.65. The maximum atomic E-state index is 13.1. The van der Waals surface area contributed by atoms with Crippen molar-refractivity contribution in [1.82, 2.24) is 0 Å². The van der Waals surface area contributed by atoms with Crippen molar-refractivity contribution < 1.29 is 22.0 Å². The van der Waals surface area contributed by atoms with Crippen molar-refractivity contribution in [1.29, 1.82) is 0 Å². The Balaban J connectivity index is 1.91. The van der Waals surface area contributed by atoms with Gasteiger partial charge < -0.3 is 0 Å². The molecule has 16 heavy (non-hydrogen) atoms. The fraction of sp³-hybridized carbons (Fsp3) is 0.700. The molecule has 4 unspecified atom stereocenters. The van der Waals surface area contributed by atoms with Crippen LogP contribution in [-0.4, -0.2) is 23.9 Å². The summed E-state index contributed by atoms with van der Waals surface area (Å²) in [7, 11) is 0. The van der Waals surface area contributed by atoms with E-state index in [1.807, 2.05) is 6.08 Å². The maximum absolute atomic E-state index is 13.1. The highest BCUT2D eigenvalue weighted by atomic mass is 19.4. The van der Waals surface area contributed by atoms with Crippen molar-refractivity contribution in [3.8, 4) is 0 Å². The van der Waals surface area contributed by atoms with Crippen LogP contribution in [-0.2, 0) is 0 Å². The first kappa shape index (κ1) is 10.2. The molecule has 1 saturated carbocycles. The standard InChI is InChI=1S/C10H8F5N/c11-9(12,10(13,14)15)8-6-4-1-2-5(3-4)7(6)16-8/h1-2,4-7H,3H2. The molecular formula is C10H8F5N. The third-order valence-electron chi connectivity index (χ3n) is 3.70. The van der Waals surface area contributed by atoms with E-state index in [1.165, 1.54) is 0 Å². The second-order valence-electron chi connectivity index (χ2n) is 4.55. The molecule has 1 aliphatic heterocycles. The molecule has 0 amide bonds. The predicted octanol–water partition coefficient (Wildman–Crippen LogP) is 2.83. The van der Waals surface area contributed by atoms with Crippen LogP contribution in [0, 0.1) is 17.8 Å². The molecule has 3 rings (SSSR count). The Kier molecular flexibility index (Phi) is 1.70. The maximum Gasteiger partial charge on any atom is 0.459 e. The zero-order valence-electron chi connectivity index (χ0n) is 8.01. The first-order valence-corrected chi connectivity index (χ1v) is 5.03. The molecule has 6 heteroatoms. The Morgan fingerprint density at radius 1 is 1.06 bits per heavy atom. The Hall–Kier alpha value is -0.940. The van der Waals surface area contributed by atoms with Crippen molar-refractivity contribution >= 4 is 5.71 Å². The lowest BCUT2D eigenvalue weighted by Gasteiger charge is -2.39. The molecule has 2 bridgehead atoms. The summed E-state index contributed by atoms with van der Waals surface area (Å²) in [6.07, 6.45) is -1.25. The van der Waals surface area contributed by atoms with Crippen LogP contribution >= 0.6 is 0 Å². The fourth-order valence-corrected chi connectivity index (χ4v) is 2.94. The molecule has 3 aliphatic rings. The summed E-state index contributed by atoms with van der Waals surface area (Å²) in [6.45, 7) is 0. The summed E-state index contributed by atoms with van der Waals surface area (Å²) < 4.78 is 62.6. The minimum absolute atomic E-state index is 0.0720. The molecule has 1 heterocycles. The SMILES string of the molecule is FC(F)(F)C(F)(F)C1=NC2C3C=CC(C3)C12. The van der Waals surface area contributed by atoms with Crippen molar-refractivity contribution in [2.45, 2.75) is 24.6 Å². The molecule has 0 radical (unpaired) electrons. The largest absolute Gasteiger partial charge is 0.459 e. The van der Waals surface area contributed by atoms with Gasteiger partial charge in [0.05, 0.1) is 11.8 Å². The van der Waals surface area contributed by atoms with Crippen LogP contribution in [0.5, 0.6) is 0 Å². The quantitative estimate of drug-likeness (QED) is 0.491.